The molecule has 1 aromatic heterocycles. The van der Waals surface area contributed by atoms with Gasteiger partial charge in [0, 0.05) is 26.2 Å². The first kappa shape index (κ1) is 24.7. The standard InChI is InChI=1S/C23H34N4O3S2/c1-4-24-22(31)26(16-21-11-8-12-30-21)15-20-13-25-23(27(20)14-18(2)3)32(28,29)17-19-9-6-5-7-10-19/h5-7,9-10,13,18,21H,4,8,11-12,14-17H2,1-3H3,(H,24,31)/t21-/m1/s1. The molecule has 1 aromatic carbocycles. The van der Waals surface area contributed by atoms with Crippen molar-refractivity contribution >= 4 is 27.2 Å². The van der Waals surface area contributed by atoms with Crippen molar-refractivity contribution in [1.82, 2.24) is 19.8 Å². The largest absolute Gasteiger partial charge is 0.376 e. The molecule has 3 rings (SSSR count). The van der Waals surface area contributed by atoms with Crippen molar-refractivity contribution in [2.24, 2.45) is 5.92 Å². The molecule has 1 saturated heterocycles. The molecule has 1 aliphatic rings. The first-order valence-corrected chi connectivity index (χ1v) is 13.3. The van der Waals surface area contributed by atoms with Crippen molar-refractivity contribution in [3.8, 4) is 0 Å². The van der Waals surface area contributed by atoms with Crippen LogP contribution < -0.4 is 5.32 Å². The van der Waals surface area contributed by atoms with E-state index in [1.165, 1.54) is 0 Å². The van der Waals surface area contributed by atoms with E-state index in [2.05, 4.69) is 29.0 Å². The molecule has 7 nitrogen and oxygen atoms in total. The Kier molecular flexibility index (Phi) is 8.67. The van der Waals surface area contributed by atoms with Gasteiger partial charge in [-0.25, -0.2) is 13.4 Å². The predicted molar refractivity (Wildman–Crippen MR) is 130 cm³/mol. The molecule has 1 N–H and O–H groups in total. The molecule has 176 valence electrons. The van der Waals surface area contributed by atoms with Crippen LogP contribution in [0, 0.1) is 5.92 Å². The number of nitrogens with zero attached hydrogens (tertiary/aromatic N) is 3. The van der Waals surface area contributed by atoms with Crippen LogP contribution in [0.1, 0.15) is 44.9 Å². The zero-order valence-corrected chi connectivity index (χ0v) is 20.8. The third kappa shape index (κ3) is 6.52. The maximum absolute atomic E-state index is 13.3. The lowest BCUT2D eigenvalue weighted by Crippen LogP contribution is -2.43. The highest BCUT2D eigenvalue weighted by Crippen LogP contribution is 2.21. The Morgan fingerprint density at radius 2 is 2.09 bits per heavy atom. The number of aromatic nitrogens is 2. The van der Waals surface area contributed by atoms with Crippen LogP contribution in [0.4, 0.5) is 0 Å². The highest BCUT2D eigenvalue weighted by molar-refractivity contribution is 7.90. The average Bonchev–Trinajstić information content (AvgIpc) is 3.38. The summed E-state index contributed by atoms with van der Waals surface area (Å²) in [6.45, 7) is 9.38. The topological polar surface area (TPSA) is 76.5 Å². The van der Waals surface area contributed by atoms with Crippen LogP contribution in [0.3, 0.4) is 0 Å². The summed E-state index contributed by atoms with van der Waals surface area (Å²) in [6, 6.07) is 9.23. The summed E-state index contributed by atoms with van der Waals surface area (Å²) >= 11 is 5.62. The van der Waals surface area contributed by atoms with Crippen LogP contribution in [-0.4, -0.2) is 53.8 Å². The molecule has 2 heterocycles. The number of imidazole rings is 1. The van der Waals surface area contributed by atoms with Gasteiger partial charge in [0.05, 0.1) is 30.3 Å². The lowest BCUT2D eigenvalue weighted by Gasteiger charge is -2.28. The summed E-state index contributed by atoms with van der Waals surface area (Å²) in [7, 11) is -3.60. The van der Waals surface area contributed by atoms with Crippen LogP contribution in [0.25, 0.3) is 0 Å². The fourth-order valence-corrected chi connectivity index (χ4v) is 5.68. The smallest absolute Gasteiger partial charge is 0.228 e. The van der Waals surface area contributed by atoms with E-state index in [4.69, 9.17) is 17.0 Å². The summed E-state index contributed by atoms with van der Waals surface area (Å²) in [5.74, 6) is 0.193. The van der Waals surface area contributed by atoms with Crippen molar-refractivity contribution in [3.05, 3.63) is 47.8 Å². The van der Waals surface area contributed by atoms with Gasteiger partial charge in [0.1, 0.15) is 0 Å². The number of benzene rings is 1. The SMILES string of the molecule is CCNC(=S)N(Cc1cnc(S(=O)(=O)Cc2ccccc2)n1CC(C)C)C[C@H]1CCCO1. The molecule has 0 radical (unpaired) electrons. The lowest BCUT2D eigenvalue weighted by atomic mass is 10.2. The molecule has 0 aliphatic carbocycles. The van der Waals surface area contributed by atoms with Gasteiger partial charge in [-0.3, -0.25) is 0 Å². The van der Waals surface area contributed by atoms with Gasteiger partial charge in [-0.1, -0.05) is 44.2 Å². The summed E-state index contributed by atoms with van der Waals surface area (Å²) < 4.78 is 34.2. The number of rotatable bonds is 10. The van der Waals surface area contributed by atoms with E-state index in [0.29, 0.717) is 24.7 Å². The summed E-state index contributed by atoms with van der Waals surface area (Å²) in [6.07, 6.45) is 3.87. The molecule has 0 bridgehead atoms. The van der Waals surface area contributed by atoms with Gasteiger partial charge in [-0.05, 0) is 43.5 Å². The van der Waals surface area contributed by atoms with Crippen molar-refractivity contribution in [3.63, 3.8) is 0 Å². The van der Waals surface area contributed by atoms with Gasteiger partial charge in [0.2, 0.25) is 15.0 Å². The molecule has 9 heteroatoms. The third-order valence-electron chi connectivity index (χ3n) is 5.34. The summed E-state index contributed by atoms with van der Waals surface area (Å²) in [5.41, 5.74) is 1.59. The van der Waals surface area contributed by atoms with Crippen LogP contribution in [0.5, 0.6) is 0 Å². The van der Waals surface area contributed by atoms with Gasteiger partial charge >= 0.3 is 0 Å². The van der Waals surface area contributed by atoms with Crippen molar-refractivity contribution in [2.45, 2.75) is 63.7 Å². The molecular formula is C23H34N4O3S2. The number of nitrogens with one attached hydrogen (secondary N) is 1. The van der Waals surface area contributed by atoms with Crippen molar-refractivity contribution in [2.75, 3.05) is 19.7 Å². The minimum absolute atomic E-state index is 0.0716. The molecule has 0 unspecified atom stereocenters. The fourth-order valence-electron chi connectivity index (χ4n) is 3.90. The normalized spacial score (nSPS) is 16.4. The molecule has 32 heavy (non-hydrogen) atoms. The highest BCUT2D eigenvalue weighted by Gasteiger charge is 2.27. The number of hydrogen-bond acceptors (Lipinski definition) is 5. The summed E-state index contributed by atoms with van der Waals surface area (Å²) in [5, 5.41) is 3.99. The number of sulfone groups is 1. The first-order chi connectivity index (χ1) is 15.3. The van der Waals surface area contributed by atoms with E-state index in [1.54, 1.807) is 6.20 Å². The van der Waals surface area contributed by atoms with E-state index in [0.717, 1.165) is 37.3 Å². The molecular weight excluding hydrogens is 444 g/mol. The molecule has 0 saturated carbocycles. The Hall–Kier alpha value is -1.97. The second-order valence-corrected chi connectivity index (χ2v) is 10.9. The first-order valence-electron chi connectivity index (χ1n) is 11.3. The highest BCUT2D eigenvalue weighted by atomic mass is 32.2. The Morgan fingerprint density at radius 3 is 2.72 bits per heavy atom. The lowest BCUT2D eigenvalue weighted by molar-refractivity contribution is 0.0892. The van der Waals surface area contributed by atoms with Crippen LogP contribution in [-0.2, 0) is 33.4 Å². The van der Waals surface area contributed by atoms with Gasteiger partial charge in [0.25, 0.3) is 0 Å². The van der Waals surface area contributed by atoms with Crippen LogP contribution in [0.15, 0.2) is 41.7 Å². The second kappa shape index (κ2) is 11.2. The maximum Gasteiger partial charge on any atom is 0.228 e. The van der Waals surface area contributed by atoms with Gasteiger partial charge < -0.3 is 19.5 Å². The Labute approximate surface area is 197 Å². The average molecular weight is 479 g/mol. The van der Waals surface area contributed by atoms with E-state index >= 15 is 0 Å². The van der Waals surface area contributed by atoms with E-state index in [-0.39, 0.29) is 22.9 Å². The van der Waals surface area contributed by atoms with Gasteiger partial charge in [-0.15, -0.1) is 0 Å². The zero-order valence-electron chi connectivity index (χ0n) is 19.2. The maximum atomic E-state index is 13.3. The molecule has 1 atom stereocenters. The minimum Gasteiger partial charge on any atom is -0.376 e. The molecule has 1 fully saturated rings. The van der Waals surface area contributed by atoms with Gasteiger partial charge in [-0.2, -0.15) is 0 Å². The second-order valence-electron chi connectivity index (χ2n) is 8.63. The third-order valence-corrected chi connectivity index (χ3v) is 7.34. The Bertz CT molecular complexity index is 984. The quantitative estimate of drug-likeness (QED) is 0.525. The fraction of sp³-hybridized carbons (Fsp3) is 0.565. The number of thiocarbonyl (C=S) groups is 1. The van der Waals surface area contributed by atoms with E-state index < -0.39 is 9.84 Å². The number of ether oxygens (including phenoxy) is 1. The van der Waals surface area contributed by atoms with E-state index in [9.17, 15) is 8.42 Å². The van der Waals surface area contributed by atoms with Crippen molar-refractivity contribution < 1.29 is 13.2 Å². The van der Waals surface area contributed by atoms with Crippen LogP contribution >= 0.6 is 12.2 Å². The number of hydrogen-bond donors (Lipinski definition) is 1. The van der Waals surface area contributed by atoms with Gasteiger partial charge in [0.15, 0.2) is 5.11 Å². The monoisotopic (exact) mass is 478 g/mol. The predicted octanol–water partition coefficient (Wildman–Crippen LogP) is 3.39. The Morgan fingerprint density at radius 1 is 1.34 bits per heavy atom. The minimum atomic E-state index is -3.60. The molecule has 2 aromatic rings. The van der Waals surface area contributed by atoms with Crippen LogP contribution in [0.2, 0.25) is 0 Å². The summed E-state index contributed by atoms with van der Waals surface area (Å²) in [4.78, 5) is 6.45. The van der Waals surface area contributed by atoms with E-state index in [1.807, 2.05) is 41.8 Å². The van der Waals surface area contributed by atoms with Crippen molar-refractivity contribution in [1.29, 1.82) is 0 Å². The zero-order chi connectivity index (χ0) is 23.1. The molecule has 0 spiro atoms. The molecule has 1 aliphatic heterocycles. The Balaban J connectivity index is 1.89. The molecule has 0 amide bonds.